The van der Waals surface area contributed by atoms with Gasteiger partial charge in [0.05, 0.1) is 13.1 Å². The van der Waals surface area contributed by atoms with Crippen molar-refractivity contribution in [2.24, 2.45) is 0 Å². The molecule has 0 heterocycles. The van der Waals surface area contributed by atoms with Gasteiger partial charge in [-0.2, -0.15) is 13.2 Å². The molecule has 5 nitrogen and oxygen atoms in total. The number of likely N-dealkylation sites (N-methyl/N-ethyl adjacent to an activating group) is 1. The first-order valence-corrected chi connectivity index (χ1v) is 7.90. The number of carbonyl (C=O) groups excluding carboxylic acids is 2. The number of anilines is 1. The number of carbonyl (C=O) groups is 2. The monoisotopic (exact) mass is 359 g/mol. The molecule has 1 rings (SSSR count). The van der Waals surface area contributed by atoms with Crippen LogP contribution in [0.2, 0.25) is 0 Å². The topological polar surface area (TPSA) is 61.4 Å². The number of hydrogen-bond donors (Lipinski definition) is 2. The van der Waals surface area contributed by atoms with E-state index in [1.54, 1.807) is 12.1 Å². The first kappa shape index (κ1) is 21.0. The van der Waals surface area contributed by atoms with Gasteiger partial charge in [0, 0.05) is 12.7 Å². The SMILES string of the molecule is CCC(C)(NCC(=O)N(C)CC(=O)Nc1ccc(C)cc1)C(F)(F)F. The molecule has 1 unspecified atom stereocenters. The van der Waals surface area contributed by atoms with Gasteiger partial charge in [0.15, 0.2) is 0 Å². The molecule has 0 saturated heterocycles. The molecule has 0 fully saturated rings. The molecule has 1 atom stereocenters. The molecular formula is C17H24F3N3O2. The minimum atomic E-state index is -4.47. The van der Waals surface area contributed by atoms with Crippen molar-refractivity contribution >= 4 is 17.5 Å². The van der Waals surface area contributed by atoms with Crippen LogP contribution in [0.5, 0.6) is 0 Å². The van der Waals surface area contributed by atoms with E-state index in [2.05, 4.69) is 10.6 Å². The van der Waals surface area contributed by atoms with Crippen LogP contribution in [0, 0.1) is 6.92 Å². The average Bonchev–Trinajstić information content (AvgIpc) is 2.53. The van der Waals surface area contributed by atoms with E-state index in [1.165, 1.54) is 14.0 Å². The largest absolute Gasteiger partial charge is 0.406 e. The van der Waals surface area contributed by atoms with E-state index < -0.39 is 30.1 Å². The quantitative estimate of drug-likeness (QED) is 0.787. The fraction of sp³-hybridized carbons (Fsp3) is 0.529. The van der Waals surface area contributed by atoms with E-state index in [1.807, 2.05) is 19.1 Å². The van der Waals surface area contributed by atoms with Crippen LogP contribution in [0.1, 0.15) is 25.8 Å². The van der Waals surface area contributed by atoms with Crippen LogP contribution in [0.15, 0.2) is 24.3 Å². The molecule has 140 valence electrons. The van der Waals surface area contributed by atoms with Crippen LogP contribution >= 0.6 is 0 Å². The van der Waals surface area contributed by atoms with Gasteiger partial charge in [0.2, 0.25) is 11.8 Å². The zero-order chi connectivity index (χ0) is 19.3. The summed E-state index contributed by atoms with van der Waals surface area (Å²) < 4.78 is 39.0. The Morgan fingerprint density at radius 3 is 2.20 bits per heavy atom. The zero-order valence-corrected chi connectivity index (χ0v) is 14.8. The maximum Gasteiger partial charge on any atom is 0.406 e. The Kier molecular flexibility index (Phi) is 6.98. The van der Waals surface area contributed by atoms with Crippen LogP contribution in [-0.2, 0) is 9.59 Å². The summed E-state index contributed by atoms with van der Waals surface area (Å²) in [7, 11) is 1.37. The molecule has 0 radical (unpaired) electrons. The molecule has 1 aromatic carbocycles. The molecule has 0 aliphatic heterocycles. The van der Waals surface area contributed by atoms with E-state index in [0.29, 0.717) is 5.69 Å². The van der Waals surface area contributed by atoms with Gasteiger partial charge in [-0.05, 0) is 32.4 Å². The van der Waals surface area contributed by atoms with Crippen LogP contribution < -0.4 is 10.6 Å². The van der Waals surface area contributed by atoms with Crippen molar-refractivity contribution in [2.45, 2.75) is 38.9 Å². The van der Waals surface area contributed by atoms with Crippen molar-refractivity contribution in [3.8, 4) is 0 Å². The predicted molar refractivity (Wildman–Crippen MR) is 90.2 cm³/mol. The summed E-state index contributed by atoms with van der Waals surface area (Å²) in [5, 5.41) is 4.88. The summed E-state index contributed by atoms with van der Waals surface area (Å²) in [5.74, 6) is -1.02. The molecule has 25 heavy (non-hydrogen) atoms. The molecule has 2 amide bonds. The van der Waals surface area contributed by atoms with E-state index in [-0.39, 0.29) is 13.0 Å². The molecule has 8 heteroatoms. The smallest absolute Gasteiger partial charge is 0.335 e. The van der Waals surface area contributed by atoms with Gasteiger partial charge in [-0.15, -0.1) is 0 Å². The molecule has 0 aliphatic rings. The number of hydrogen-bond acceptors (Lipinski definition) is 3. The molecule has 0 aliphatic carbocycles. The van der Waals surface area contributed by atoms with E-state index in [0.717, 1.165) is 17.4 Å². The van der Waals surface area contributed by atoms with Gasteiger partial charge in [-0.25, -0.2) is 0 Å². The average molecular weight is 359 g/mol. The normalized spacial score (nSPS) is 13.9. The Morgan fingerprint density at radius 1 is 1.16 bits per heavy atom. The Hall–Kier alpha value is -2.09. The minimum Gasteiger partial charge on any atom is -0.335 e. The highest BCUT2D eigenvalue weighted by Crippen LogP contribution is 2.32. The third-order valence-corrected chi connectivity index (χ3v) is 4.10. The molecule has 0 spiro atoms. The van der Waals surface area contributed by atoms with E-state index in [9.17, 15) is 22.8 Å². The Balaban J connectivity index is 2.53. The number of halogens is 3. The molecule has 2 N–H and O–H groups in total. The number of alkyl halides is 3. The van der Waals surface area contributed by atoms with Crippen molar-refractivity contribution < 1.29 is 22.8 Å². The second-order valence-electron chi connectivity index (χ2n) is 6.20. The van der Waals surface area contributed by atoms with Crippen LogP contribution in [0.25, 0.3) is 0 Å². The third kappa shape index (κ3) is 6.04. The third-order valence-electron chi connectivity index (χ3n) is 4.10. The standard InChI is InChI=1S/C17H24F3N3O2/c1-5-16(3,17(18,19)20)21-10-15(25)23(4)11-14(24)22-13-8-6-12(2)7-9-13/h6-9,21H,5,10-11H2,1-4H3,(H,22,24). The molecular weight excluding hydrogens is 335 g/mol. The van der Waals surface area contributed by atoms with Gasteiger partial charge < -0.3 is 10.2 Å². The van der Waals surface area contributed by atoms with Crippen LogP contribution in [0.4, 0.5) is 18.9 Å². The second-order valence-corrected chi connectivity index (χ2v) is 6.20. The van der Waals surface area contributed by atoms with Gasteiger partial charge in [-0.3, -0.25) is 14.9 Å². The highest BCUT2D eigenvalue weighted by atomic mass is 19.4. The Labute approximate surface area is 145 Å². The van der Waals surface area contributed by atoms with Gasteiger partial charge in [-0.1, -0.05) is 24.6 Å². The van der Waals surface area contributed by atoms with Gasteiger partial charge in [0.25, 0.3) is 0 Å². The lowest BCUT2D eigenvalue weighted by Gasteiger charge is -2.32. The highest BCUT2D eigenvalue weighted by Gasteiger charge is 2.49. The number of amides is 2. The predicted octanol–water partition coefficient (Wildman–Crippen LogP) is 2.71. The first-order chi connectivity index (χ1) is 11.5. The zero-order valence-electron chi connectivity index (χ0n) is 14.8. The fourth-order valence-corrected chi connectivity index (χ4v) is 1.97. The van der Waals surface area contributed by atoms with Crippen LogP contribution in [-0.4, -0.2) is 48.6 Å². The summed E-state index contributed by atoms with van der Waals surface area (Å²) >= 11 is 0. The van der Waals surface area contributed by atoms with Crippen molar-refractivity contribution in [1.29, 1.82) is 0 Å². The van der Waals surface area contributed by atoms with Crippen molar-refractivity contribution in [1.82, 2.24) is 10.2 Å². The Morgan fingerprint density at radius 2 is 1.72 bits per heavy atom. The molecule has 1 aromatic rings. The minimum absolute atomic E-state index is 0.207. The summed E-state index contributed by atoms with van der Waals surface area (Å²) in [6.45, 7) is 3.56. The number of benzene rings is 1. The summed E-state index contributed by atoms with van der Waals surface area (Å²) in [6, 6.07) is 7.12. The molecule has 0 bridgehead atoms. The van der Waals surface area contributed by atoms with E-state index >= 15 is 0 Å². The lowest BCUT2D eigenvalue weighted by atomic mass is 9.98. The summed E-state index contributed by atoms with van der Waals surface area (Å²) in [4.78, 5) is 25.0. The molecule has 0 aromatic heterocycles. The highest BCUT2D eigenvalue weighted by molar-refractivity contribution is 5.94. The maximum atomic E-state index is 13.0. The lowest BCUT2D eigenvalue weighted by molar-refractivity contribution is -0.192. The number of rotatable bonds is 7. The van der Waals surface area contributed by atoms with Gasteiger partial charge in [0.1, 0.15) is 5.54 Å². The Bertz CT molecular complexity index is 602. The fourth-order valence-electron chi connectivity index (χ4n) is 1.97. The lowest BCUT2D eigenvalue weighted by Crippen LogP contribution is -2.56. The number of aryl methyl sites for hydroxylation is 1. The summed E-state index contributed by atoms with van der Waals surface area (Å²) in [5.41, 5.74) is -0.515. The van der Waals surface area contributed by atoms with E-state index in [4.69, 9.17) is 0 Å². The second kappa shape index (κ2) is 8.33. The summed E-state index contributed by atoms with van der Waals surface area (Å²) in [6.07, 6.45) is -4.68. The first-order valence-electron chi connectivity index (χ1n) is 7.90. The van der Waals surface area contributed by atoms with Gasteiger partial charge >= 0.3 is 6.18 Å². The number of nitrogens with zero attached hydrogens (tertiary/aromatic N) is 1. The number of nitrogens with one attached hydrogen (secondary N) is 2. The van der Waals surface area contributed by atoms with Crippen molar-refractivity contribution in [2.75, 3.05) is 25.5 Å². The molecule has 0 saturated carbocycles. The van der Waals surface area contributed by atoms with Crippen molar-refractivity contribution in [3.63, 3.8) is 0 Å². The van der Waals surface area contributed by atoms with Crippen LogP contribution in [0.3, 0.4) is 0 Å². The maximum absolute atomic E-state index is 13.0. The van der Waals surface area contributed by atoms with Crippen molar-refractivity contribution in [3.05, 3.63) is 29.8 Å².